The smallest absolute Gasteiger partial charge is 0.0192 e. The summed E-state index contributed by atoms with van der Waals surface area (Å²) in [6.07, 6.45) is 0. The summed E-state index contributed by atoms with van der Waals surface area (Å²) >= 11 is 0. The molecule has 0 unspecified atom stereocenters. The van der Waals surface area contributed by atoms with Crippen LogP contribution in [0.1, 0.15) is 27.7 Å². The molecule has 0 heterocycles. The van der Waals surface area contributed by atoms with E-state index in [-0.39, 0.29) is 0 Å². The van der Waals surface area contributed by atoms with Crippen molar-refractivity contribution in [3.05, 3.63) is 0 Å². The third-order valence-corrected chi connectivity index (χ3v) is 1.52. The summed E-state index contributed by atoms with van der Waals surface area (Å²) in [4.78, 5) is 0. The van der Waals surface area contributed by atoms with Gasteiger partial charge in [-0.25, -0.2) is 10.0 Å². The average Bonchev–Trinajstić information content (AvgIpc) is 1.59. The van der Waals surface area contributed by atoms with E-state index in [1.54, 1.807) is 0 Å². The molecule has 2 heteroatoms. The van der Waals surface area contributed by atoms with E-state index in [0.717, 1.165) is 0 Å². The Balaban J connectivity index is 3.98. The van der Waals surface area contributed by atoms with Crippen LogP contribution in [0.5, 0.6) is 0 Å². The summed E-state index contributed by atoms with van der Waals surface area (Å²) in [7, 11) is 4.17. The zero-order valence-electron chi connectivity index (χ0n) is 8.05. The predicted octanol–water partition coefficient (Wildman–Crippen LogP) is 1.58. The maximum atomic E-state index is 2.33. The van der Waals surface area contributed by atoms with Gasteiger partial charge >= 0.3 is 0 Å². The molecule has 2 nitrogen and oxygen atoms in total. The van der Waals surface area contributed by atoms with Crippen molar-refractivity contribution in [2.24, 2.45) is 0 Å². The molecule has 0 aliphatic carbocycles. The normalized spacial score (nSPS) is 12.6. The van der Waals surface area contributed by atoms with Crippen molar-refractivity contribution in [3.63, 3.8) is 0 Å². The zero-order valence-corrected chi connectivity index (χ0v) is 8.05. The molecule has 62 valence electrons. The Morgan fingerprint density at radius 1 is 0.800 bits per heavy atom. The molecule has 0 radical (unpaired) electrons. The first-order valence-corrected chi connectivity index (χ1v) is 3.92. The molecule has 0 N–H and O–H groups in total. The van der Waals surface area contributed by atoms with Gasteiger partial charge in [0.15, 0.2) is 0 Å². The fraction of sp³-hybridized carbons (Fsp3) is 1.00. The Morgan fingerprint density at radius 2 is 1.10 bits per heavy atom. The number of hydrogen-bond donors (Lipinski definition) is 0. The van der Waals surface area contributed by atoms with E-state index in [1.165, 1.54) is 0 Å². The van der Waals surface area contributed by atoms with Crippen molar-refractivity contribution < 1.29 is 0 Å². The van der Waals surface area contributed by atoms with Crippen LogP contribution >= 0.6 is 0 Å². The van der Waals surface area contributed by atoms with Crippen molar-refractivity contribution in [1.82, 2.24) is 10.0 Å². The van der Waals surface area contributed by atoms with Gasteiger partial charge in [0.1, 0.15) is 0 Å². The van der Waals surface area contributed by atoms with Gasteiger partial charge in [0, 0.05) is 26.2 Å². The molecule has 0 aromatic carbocycles. The molecule has 0 fully saturated rings. The minimum Gasteiger partial charge on any atom is -0.247 e. The quantitative estimate of drug-likeness (QED) is 0.555. The molecule has 0 saturated carbocycles. The van der Waals surface area contributed by atoms with Crippen LogP contribution in [0.15, 0.2) is 0 Å². The van der Waals surface area contributed by atoms with Crippen LogP contribution in [0.25, 0.3) is 0 Å². The molecule has 0 atom stereocenters. The second kappa shape index (κ2) is 3.94. The van der Waals surface area contributed by atoms with E-state index >= 15 is 0 Å². The molecule has 0 bridgehead atoms. The monoisotopic (exact) mass is 144 g/mol. The standard InChI is InChI=1S/C8H20N2/c1-7(2)10(8(3)4)9(5)6/h7-8H,1-6H3. The highest BCUT2D eigenvalue weighted by atomic mass is 15.6. The summed E-state index contributed by atoms with van der Waals surface area (Å²) in [5.74, 6) is 0. The van der Waals surface area contributed by atoms with Crippen LogP contribution in [-0.2, 0) is 0 Å². The maximum absolute atomic E-state index is 2.33. The SMILES string of the molecule is CC(C)N(C(C)C)N(C)C. The number of hydrazine groups is 1. The van der Waals surface area contributed by atoms with Gasteiger partial charge in [-0.3, -0.25) is 0 Å². The Labute approximate surface area is 64.8 Å². The number of rotatable bonds is 3. The fourth-order valence-electron chi connectivity index (χ4n) is 1.52. The first-order valence-electron chi connectivity index (χ1n) is 3.92. The van der Waals surface area contributed by atoms with Gasteiger partial charge in [-0.15, -0.1) is 0 Å². The minimum atomic E-state index is 0.593. The van der Waals surface area contributed by atoms with Crippen LogP contribution in [0.3, 0.4) is 0 Å². The Kier molecular flexibility index (Phi) is 3.91. The van der Waals surface area contributed by atoms with Crippen molar-refractivity contribution in [2.45, 2.75) is 39.8 Å². The Morgan fingerprint density at radius 3 is 1.10 bits per heavy atom. The van der Waals surface area contributed by atoms with Crippen molar-refractivity contribution >= 4 is 0 Å². The molecular weight excluding hydrogens is 124 g/mol. The molecule has 0 aliphatic heterocycles. The van der Waals surface area contributed by atoms with Crippen LogP contribution < -0.4 is 0 Å². The Hall–Kier alpha value is -0.0800. The van der Waals surface area contributed by atoms with Gasteiger partial charge in [-0.1, -0.05) is 0 Å². The summed E-state index contributed by atoms with van der Waals surface area (Å²) in [6.45, 7) is 8.83. The highest BCUT2D eigenvalue weighted by molar-refractivity contribution is 4.61. The molecular formula is C8H20N2. The van der Waals surface area contributed by atoms with Crippen LogP contribution in [0.2, 0.25) is 0 Å². The third kappa shape index (κ3) is 2.67. The summed E-state index contributed by atoms with van der Waals surface area (Å²) in [6, 6.07) is 1.19. The van der Waals surface area contributed by atoms with Crippen LogP contribution in [0.4, 0.5) is 0 Å². The van der Waals surface area contributed by atoms with E-state index in [1.807, 2.05) is 0 Å². The van der Waals surface area contributed by atoms with E-state index in [4.69, 9.17) is 0 Å². The molecule has 0 aliphatic rings. The van der Waals surface area contributed by atoms with Crippen LogP contribution in [0, 0.1) is 0 Å². The number of hydrogen-bond acceptors (Lipinski definition) is 2. The van der Waals surface area contributed by atoms with Gasteiger partial charge in [0.25, 0.3) is 0 Å². The van der Waals surface area contributed by atoms with E-state index in [0.29, 0.717) is 12.1 Å². The average molecular weight is 144 g/mol. The van der Waals surface area contributed by atoms with E-state index < -0.39 is 0 Å². The second-order valence-corrected chi connectivity index (χ2v) is 3.41. The third-order valence-electron chi connectivity index (χ3n) is 1.52. The van der Waals surface area contributed by atoms with Crippen molar-refractivity contribution in [1.29, 1.82) is 0 Å². The van der Waals surface area contributed by atoms with Gasteiger partial charge in [0.05, 0.1) is 0 Å². The predicted molar refractivity (Wildman–Crippen MR) is 45.8 cm³/mol. The highest BCUT2D eigenvalue weighted by Gasteiger charge is 2.14. The fourth-order valence-corrected chi connectivity index (χ4v) is 1.52. The van der Waals surface area contributed by atoms with Crippen molar-refractivity contribution in [3.8, 4) is 0 Å². The number of nitrogens with zero attached hydrogens (tertiary/aromatic N) is 2. The molecule has 0 rings (SSSR count). The van der Waals surface area contributed by atoms with Gasteiger partial charge in [-0.2, -0.15) is 0 Å². The topological polar surface area (TPSA) is 6.48 Å². The van der Waals surface area contributed by atoms with E-state index in [9.17, 15) is 0 Å². The summed E-state index contributed by atoms with van der Waals surface area (Å²) in [5.41, 5.74) is 0. The Bertz CT molecular complexity index is 68.2. The minimum absolute atomic E-state index is 0.593. The van der Waals surface area contributed by atoms with Crippen LogP contribution in [-0.4, -0.2) is 36.2 Å². The molecule has 10 heavy (non-hydrogen) atoms. The van der Waals surface area contributed by atoms with Gasteiger partial charge in [0.2, 0.25) is 0 Å². The summed E-state index contributed by atoms with van der Waals surface area (Å²) in [5, 5.41) is 4.48. The molecule has 0 amide bonds. The van der Waals surface area contributed by atoms with Gasteiger partial charge in [-0.05, 0) is 27.7 Å². The maximum Gasteiger partial charge on any atom is 0.0192 e. The second-order valence-electron chi connectivity index (χ2n) is 3.41. The van der Waals surface area contributed by atoms with E-state index in [2.05, 4.69) is 51.8 Å². The lowest BCUT2D eigenvalue weighted by molar-refractivity contribution is -0.0344. The molecule has 0 saturated heterocycles. The lowest BCUT2D eigenvalue weighted by Crippen LogP contribution is -2.46. The molecule has 0 spiro atoms. The summed E-state index contributed by atoms with van der Waals surface area (Å²) < 4.78 is 0. The highest BCUT2D eigenvalue weighted by Crippen LogP contribution is 2.05. The zero-order chi connectivity index (χ0) is 8.31. The molecule has 0 aromatic rings. The lowest BCUT2D eigenvalue weighted by atomic mass is 10.3. The lowest BCUT2D eigenvalue weighted by Gasteiger charge is -2.35. The van der Waals surface area contributed by atoms with Gasteiger partial charge < -0.3 is 0 Å². The molecule has 0 aromatic heterocycles. The largest absolute Gasteiger partial charge is 0.247 e. The first kappa shape index (κ1) is 9.92. The first-order chi connectivity index (χ1) is 4.46. The van der Waals surface area contributed by atoms with Crippen molar-refractivity contribution in [2.75, 3.05) is 14.1 Å².